The van der Waals surface area contributed by atoms with Crippen LogP contribution in [0.2, 0.25) is 0 Å². The van der Waals surface area contributed by atoms with Crippen LogP contribution in [-0.2, 0) is 11.8 Å². The Morgan fingerprint density at radius 2 is 1.85 bits per heavy atom. The van der Waals surface area contributed by atoms with E-state index in [4.69, 9.17) is 0 Å². The summed E-state index contributed by atoms with van der Waals surface area (Å²) < 4.78 is 1.92. The minimum Gasteiger partial charge on any atom is -0.481 e. The SMILES string of the molecule is Cn1cc(C(=O)N2C[C@H](C(=O)O)[C@@H](c3ccncc3)C2)c2ccccc21. The topological polar surface area (TPSA) is 75.4 Å². The van der Waals surface area contributed by atoms with E-state index in [0.29, 0.717) is 12.1 Å². The second-order valence-electron chi connectivity index (χ2n) is 6.71. The van der Waals surface area contributed by atoms with Crippen LogP contribution in [0.15, 0.2) is 55.0 Å². The van der Waals surface area contributed by atoms with Crippen LogP contribution in [0.4, 0.5) is 0 Å². The quantitative estimate of drug-likeness (QED) is 0.788. The number of carbonyl (C=O) groups excluding carboxylic acids is 1. The van der Waals surface area contributed by atoms with Gasteiger partial charge in [-0.15, -0.1) is 0 Å². The van der Waals surface area contributed by atoms with Gasteiger partial charge in [0, 0.05) is 55.5 Å². The summed E-state index contributed by atoms with van der Waals surface area (Å²) in [5, 5.41) is 10.5. The third-order valence-electron chi connectivity index (χ3n) is 5.19. The molecule has 2 aromatic heterocycles. The third-order valence-corrected chi connectivity index (χ3v) is 5.19. The molecular weight excluding hydrogens is 330 g/mol. The van der Waals surface area contributed by atoms with Crippen molar-refractivity contribution in [1.82, 2.24) is 14.5 Å². The van der Waals surface area contributed by atoms with Crippen LogP contribution in [0.5, 0.6) is 0 Å². The van der Waals surface area contributed by atoms with Gasteiger partial charge in [0.1, 0.15) is 0 Å². The molecule has 2 atom stereocenters. The summed E-state index contributed by atoms with van der Waals surface area (Å²) in [6, 6.07) is 11.4. The molecule has 1 aliphatic rings. The number of carbonyl (C=O) groups is 2. The molecular formula is C20H19N3O3. The van der Waals surface area contributed by atoms with Gasteiger partial charge in [0.25, 0.3) is 5.91 Å². The molecule has 26 heavy (non-hydrogen) atoms. The fraction of sp³-hybridized carbons (Fsp3) is 0.250. The predicted octanol–water partition coefficient (Wildman–Crippen LogP) is 2.51. The number of rotatable bonds is 3. The standard InChI is InChI=1S/C20H19N3O3/c1-22-10-16(14-4-2-3-5-18(14)22)19(24)23-11-15(17(12-23)20(25)26)13-6-8-21-9-7-13/h2-10,15,17H,11-12H2,1H3,(H,25,26)/t15-,17+/m1/s1. The molecule has 3 aromatic rings. The molecule has 1 aliphatic heterocycles. The number of carboxylic acids is 1. The normalized spacial score (nSPS) is 19.8. The number of amides is 1. The molecule has 1 aromatic carbocycles. The van der Waals surface area contributed by atoms with Crippen LogP contribution >= 0.6 is 0 Å². The highest BCUT2D eigenvalue weighted by molar-refractivity contribution is 6.07. The maximum Gasteiger partial charge on any atom is 0.308 e. The summed E-state index contributed by atoms with van der Waals surface area (Å²) in [5.41, 5.74) is 2.50. The highest BCUT2D eigenvalue weighted by atomic mass is 16.4. The molecule has 0 spiro atoms. The lowest BCUT2D eigenvalue weighted by atomic mass is 9.90. The van der Waals surface area contributed by atoms with Gasteiger partial charge in [0.2, 0.25) is 0 Å². The Kier molecular flexibility index (Phi) is 3.95. The molecule has 4 rings (SSSR count). The second kappa shape index (κ2) is 6.29. The first-order valence-corrected chi connectivity index (χ1v) is 8.52. The maximum absolute atomic E-state index is 13.1. The van der Waals surface area contributed by atoms with Gasteiger partial charge in [0.15, 0.2) is 0 Å². The van der Waals surface area contributed by atoms with E-state index in [9.17, 15) is 14.7 Å². The van der Waals surface area contributed by atoms with Crippen molar-refractivity contribution in [3.8, 4) is 0 Å². The monoisotopic (exact) mass is 349 g/mol. The summed E-state index contributed by atoms with van der Waals surface area (Å²) in [6.45, 7) is 0.605. The number of aromatic nitrogens is 2. The lowest BCUT2D eigenvalue weighted by Crippen LogP contribution is -2.29. The zero-order valence-corrected chi connectivity index (χ0v) is 14.4. The van der Waals surface area contributed by atoms with Crippen molar-refractivity contribution in [1.29, 1.82) is 0 Å². The first-order valence-electron chi connectivity index (χ1n) is 8.52. The predicted molar refractivity (Wildman–Crippen MR) is 96.9 cm³/mol. The number of para-hydroxylation sites is 1. The van der Waals surface area contributed by atoms with E-state index in [2.05, 4.69) is 4.98 Å². The summed E-state index contributed by atoms with van der Waals surface area (Å²) in [7, 11) is 1.91. The lowest BCUT2D eigenvalue weighted by Gasteiger charge is -2.16. The Labute approximate surface area is 150 Å². The zero-order chi connectivity index (χ0) is 18.3. The number of hydrogen-bond acceptors (Lipinski definition) is 3. The van der Waals surface area contributed by atoms with Gasteiger partial charge in [-0.05, 0) is 23.8 Å². The molecule has 6 heteroatoms. The third kappa shape index (κ3) is 2.63. The fourth-order valence-electron chi connectivity index (χ4n) is 3.85. The van der Waals surface area contributed by atoms with Gasteiger partial charge >= 0.3 is 5.97 Å². The molecule has 132 valence electrons. The van der Waals surface area contributed by atoms with Crippen LogP contribution in [0.25, 0.3) is 10.9 Å². The molecule has 0 bridgehead atoms. The van der Waals surface area contributed by atoms with E-state index in [0.717, 1.165) is 16.5 Å². The fourth-order valence-corrected chi connectivity index (χ4v) is 3.85. The zero-order valence-electron chi connectivity index (χ0n) is 14.4. The molecule has 6 nitrogen and oxygen atoms in total. The second-order valence-corrected chi connectivity index (χ2v) is 6.71. The van der Waals surface area contributed by atoms with E-state index in [1.165, 1.54) is 0 Å². The lowest BCUT2D eigenvalue weighted by molar-refractivity contribution is -0.141. The molecule has 1 saturated heterocycles. The number of hydrogen-bond donors (Lipinski definition) is 1. The maximum atomic E-state index is 13.1. The van der Waals surface area contributed by atoms with Gasteiger partial charge in [0.05, 0.1) is 11.5 Å². The van der Waals surface area contributed by atoms with E-state index >= 15 is 0 Å². The molecule has 3 heterocycles. The van der Waals surface area contributed by atoms with Crippen molar-refractivity contribution in [2.24, 2.45) is 13.0 Å². The minimum absolute atomic E-state index is 0.121. The highest BCUT2D eigenvalue weighted by Gasteiger charge is 2.41. The van der Waals surface area contributed by atoms with Crippen molar-refractivity contribution in [2.75, 3.05) is 13.1 Å². The number of pyridine rings is 1. The Bertz CT molecular complexity index is 980. The van der Waals surface area contributed by atoms with Crippen molar-refractivity contribution in [3.05, 3.63) is 66.1 Å². The average Bonchev–Trinajstić information content (AvgIpc) is 3.25. The Balaban J connectivity index is 1.67. The average molecular weight is 349 g/mol. The number of aliphatic carboxylic acids is 1. The minimum atomic E-state index is -0.875. The Morgan fingerprint density at radius 3 is 2.58 bits per heavy atom. The smallest absolute Gasteiger partial charge is 0.308 e. The molecule has 0 unspecified atom stereocenters. The number of aryl methyl sites for hydroxylation is 1. The summed E-state index contributed by atoms with van der Waals surface area (Å²) in [6.07, 6.45) is 5.13. The summed E-state index contributed by atoms with van der Waals surface area (Å²) >= 11 is 0. The van der Waals surface area contributed by atoms with Crippen molar-refractivity contribution in [3.63, 3.8) is 0 Å². The first kappa shape index (κ1) is 16.3. The Morgan fingerprint density at radius 1 is 1.12 bits per heavy atom. The molecule has 0 radical (unpaired) electrons. The van der Waals surface area contributed by atoms with E-state index < -0.39 is 11.9 Å². The molecule has 1 fully saturated rings. The molecule has 0 aliphatic carbocycles. The van der Waals surface area contributed by atoms with Gasteiger partial charge in [-0.1, -0.05) is 18.2 Å². The van der Waals surface area contributed by atoms with E-state index in [1.54, 1.807) is 17.3 Å². The number of nitrogens with zero attached hydrogens (tertiary/aromatic N) is 3. The van der Waals surface area contributed by atoms with E-state index in [1.807, 2.05) is 54.2 Å². The van der Waals surface area contributed by atoms with Crippen molar-refractivity contribution < 1.29 is 14.7 Å². The number of carboxylic acid groups (broad SMARTS) is 1. The summed E-state index contributed by atoms with van der Waals surface area (Å²) in [4.78, 5) is 30.5. The largest absolute Gasteiger partial charge is 0.481 e. The summed E-state index contributed by atoms with van der Waals surface area (Å²) in [5.74, 6) is -1.84. The highest BCUT2D eigenvalue weighted by Crippen LogP contribution is 2.34. The first-order chi connectivity index (χ1) is 12.6. The Hall–Kier alpha value is -3.15. The van der Waals surface area contributed by atoms with Gasteiger partial charge < -0.3 is 14.6 Å². The van der Waals surface area contributed by atoms with Crippen LogP contribution in [0.1, 0.15) is 21.8 Å². The number of likely N-dealkylation sites (tertiary alicyclic amines) is 1. The molecule has 0 saturated carbocycles. The van der Waals surface area contributed by atoms with E-state index in [-0.39, 0.29) is 18.4 Å². The van der Waals surface area contributed by atoms with Crippen LogP contribution in [0.3, 0.4) is 0 Å². The van der Waals surface area contributed by atoms with Gasteiger partial charge in [-0.3, -0.25) is 14.6 Å². The van der Waals surface area contributed by atoms with Gasteiger partial charge in [-0.2, -0.15) is 0 Å². The van der Waals surface area contributed by atoms with Crippen LogP contribution < -0.4 is 0 Å². The van der Waals surface area contributed by atoms with Gasteiger partial charge in [-0.25, -0.2) is 0 Å². The van der Waals surface area contributed by atoms with Crippen molar-refractivity contribution in [2.45, 2.75) is 5.92 Å². The van der Waals surface area contributed by atoms with Crippen molar-refractivity contribution >= 4 is 22.8 Å². The molecule has 1 amide bonds. The van der Waals surface area contributed by atoms with Crippen LogP contribution in [-0.4, -0.2) is 44.5 Å². The van der Waals surface area contributed by atoms with Crippen LogP contribution in [0, 0.1) is 5.92 Å². The molecule has 1 N–H and O–H groups in total. The number of benzene rings is 1. The number of fused-ring (bicyclic) bond motifs is 1.